The van der Waals surface area contributed by atoms with Crippen molar-refractivity contribution in [3.05, 3.63) is 100 Å². The Bertz CT molecular complexity index is 1190. The van der Waals surface area contributed by atoms with Gasteiger partial charge in [0.05, 0.1) is 22.3 Å². The minimum atomic E-state index is -0.982. The Morgan fingerprint density at radius 2 is 1.50 bits per heavy atom. The third kappa shape index (κ3) is 3.12. The summed E-state index contributed by atoms with van der Waals surface area (Å²) in [7, 11) is 0. The maximum absolute atomic E-state index is 13.5. The second kappa shape index (κ2) is 7.58. The molecule has 3 aromatic carbocycles. The molecular weight excluding hydrogens is 410 g/mol. The van der Waals surface area contributed by atoms with Crippen molar-refractivity contribution in [1.29, 1.82) is 0 Å². The highest BCUT2D eigenvalue weighted by Crippen LogP contribution is 2.47. The van der Waals surface area contributed by atoms with Gasteiger partial charge in [-0.15, -0.1) is 0 Å². The summed E-state index contributed by atoms with van der Waals surface area (Å²) in [5.41, 5.74) is 2.86. The Morgan fingerprint density at radius 3 is 2.12 bits per heavy atom. The highest BCUT2D eigenvalue weighted by molar-refractivity contribution is 6.23. The molecule has 3 aromatic rings. The van der Waals surface area contributed by atoms with E-state index in [1.807, 2.05) is 61.5 Å². The average Bonchev–Trinajstić information content (AvgIpc) is 3.31. The molecule has 0 N–H and O–H groups in total. The molecule has 8 nitrogen and oxygen atoms in total. The summed E-state index contributed by atoms with van der Waals surface area (Å²) in [6.45, 7) is 1.98. The number of nitro benzene ring substituents is 1. The maximum atomic E-state index is 13.5. The smallest absolute Gasteiger partial charge is 0.269 e. The first kappa shape index (κ1) is 19.9. The molecular formula is C24H19N3O5. The van der Waals surface area contributed by atoms with Gasteiger partial charge >= 0.3 is 0 Å². The minimum absolute atomic E-state index is 0.114. The van der Waals surface area contributed by atoms with E-state index in [4.69, 9.17) is 4.84 Å². The van der Waals surface area contributed by atoms with Gasteiger partial charge in [-0.3, -0.25) is 24.5 Å². The van der Waals surface area contributed by atoms with E-state index < -0.39 is 34.8 Å². The fraction of sp³-hybridized carbons (Fsp3) is 0.167. The van der Waals surface area contributed by atoms with E-state index in [1.165, 1.54) is 24.3 Å². The predicted molar refractivity (Wildman–Crippen MR) is 117 cm³/mol. The number of anilines is 2. The van der Waals surface area contributed by atoms with Gasteiger partial charge in [0.15, 0.2) is 6.10 Å². The van der Waals surface area contributed by atoms with Crippen LogP contribution in [0.5, 0.6) is 0 Å². The Balaban J connectivity index is 1.55. The number of amides is 2. The first-order valence-electron chi connectivity index (χ1n) is 10.2. The average molecular weight is 429 g/mol. The van der Waals surface area contributed by atoms with Gasteiger partial charge < -0.3 is 0 Å². The van der Waals surface area contributed by atoms with Crippen molar-refractivity contribution in [2.75, 3.05) is 9.96 Å². The van der Waals surface area contributed by atoms with Crippen molar-refractivity contribution < 1.29 is 19.3 Å². The van der Waals surface area contributed by atoms with Gasteiger partial charge in [0.2, 0.25) is 5.91 Å². The van der Waals surface area contributed by atoms with E-state index in [0.717, 1.165) is 21.7 Å². The Kier molecular flexibility index (Phi) is 4.71. The van der Waals surface area contributed by atoms with Crippen LogP contribution in [0.3, 0.4) is 0 Å². The third-order valence-corrected chi connectivity index (χ3v) is 5.86. The van der Waals surface area contributed by atoms with Gasteiger partial charge in [0, 0.05) is 12.1 Å². The number of imide groups is 1. The van der Waals surface area contributed by atoms with E-state index in [0.29, 0.717) is 0 Å². The number of non-ortho nitro benzene ring substituents is 1. The number of nitrogens with zero attached hydrogens (tertiary/aromatic N) is 3. The third-order valence-electron chi connectivity index (χ3n) is 5.86. The summed E-state index contributed by atoms with van der Waals surface area (Å²) < 4.78 is 0. The van der Waals surface area contributed by atoms with Gasteiger partial charge in [0.25, 0.3) is 11.6 Å². The van der Waals surface area contributed by atoms with Crippen LogP contribution in [0.1, 0.15) is 17.2 Å². The van der Waals surface area contributed by atoms with Crippen LogP contribution in [-0.4, -0.2) is 22.8 Å². The van der Waals surface area contributed by atoms with Crippen molar-refractivity contribution >= 4 is 28.9 Å². The largest absolute Gasteiger partial charge is 0.273 e. The number of benzene rings is 3. The molecule has 32 heavy (non-hydrogen) atoms. The van der Waals surface area contributed by atoms with Crippen molar-refractivity contribution in [2.24, 2.45) is 5.92 Å². The van der Waals surface area contributed by atoms with Crippen LogP contribution in [-0.2, 0) is 14.4 Å². The van der Waals surface area contributed by atoms with E-state index in [9.17, 15) is 19.7 Å². The molecule has 5 rings (SSSR count). The lowest BCUT2D eigenvalue weighted by molar-refractivity contribution is -0.384. The highest BCUT2D eigenvalue weighted by atomic mass is 16.7. The SMILES string of the molecule is Cc1ccc([C@H]2[C@@H]3C(=O)N(c4ccc([N+](=O)[O-])cc4)C(=O)[C@H]3ON2c2ccccc2)cc1. The monoisotopic (exact) mass is 429 g/mol. The summed E-state index contributed by atoms with van der Waals surface area (Å²) in [4.78, 5) is 44.3. The number of fused-ring (bicyclic) bond motifs is 1. The lowest BCUT2D eigenvalue weighted by Gasteiger charge is -2.28. The number of hydroxylamine groups is 1. The van der Waals surface area contributed by atoms with Crippen LogP contribution in [0.25, 0.3) is 0 Å². The highest BCUT2D eigenvalue weighted by Gasteiger charge is 2.60. The lowest BCUT2D eigenvalue weighted by Crippen LogP contribution is -2.37. The van der Waals surface area contributed by atoms with Gasteiger partial charge in [-0.2, -0.15) is 0 Å². The normalized spacial score (nSPS) is 22.3. The number of hydrogen-bond acceptors (Lipinski definition) is 6. The number of carbonyl (C=O) groups is 2. The van der Waals surface area contributed by atoms with Gasteiger partial charge in [0.1, 0.15) is 5.92 Å². The molecule has 2 amide bonds. The number of hydrogen-bond donors (Lipinski definition) is 0. The molecule has 0 radical (unpaired) electrons. The van der Waals surface area contributed by atoms with Crippen LogP contribution in [0, 0.1) is 23.0 Å². The van der Waals surface area contributed by atoms with E-state index in [-0.39, 0.29) is 11.4 Å². The molecule has 160 valence electrons. The number of rotatable bonds is 4. The topological polar surface area (TPSA) is 93.0 Å². The zero-order chi connectivity index (χ0) is 22.4. The van der Waals surface area contributed by atoms with Crippen LogP contribution in [0.2, 0.25) is 0 Å². The second-order valence-corrected chi connectivity index (χ2v) is 7.85. The van der Waals surface area contributed by atoms with Crippen molar-refractivity contribution in [2.45, 2.75) is 19.1 Å². The van der Waals surface area contributed by atoms with Crippen LogP contribution in [0.15, 0.2) is 78.9 Å². The molecule has 0 aliphatic carbocycles. The molecule has 0 spiro atoms. The van der Waals surface area contributed by atoms with Gasteiger partial charge in [-0.1, -0.05) is 48.0 Å². The molecule has 2 saturated heterocycles. The van der Waals surface area contributed by atoms with Crippen LogP contribution < -0.4 is 9.96 Å². The fourth-order valence-electron chi connectivity index (χ4n) is 4.29. The summed E-state index contributed by atoms with van der Waals surface area (Å²) in [5.74, 6) is -1.62. The van der Waals surface area contributed by atoms with Crippen LogP contribution in [0.4, 0.5) is 17.1 Å². The number of para-hydroxylation sites is 1. The fourth-order valence-corrected chi connectivity index (χ4v) is 4.29. The van der Waals surface area contributed by atoms with Crippen molar-refractivity contribution in [3.63, 3.8) is 0 Å². The Hall–Kier alpha value is -4.04. The summed E-state index contributed by atoms with van der Waals surface area (Å²) in [5, 5.41) is 12.6. The molecule has 2 heterocycles. The van der Waals surface area contributed by atoms with Gasteiger partial charge in [-0.25, -0.2) is 9.96 Å². The molecule has 2 aliphatic heterocycles. The Labute approximate surface area is 183 Å². The predicted octanol–water partition coefficient (Wildman–Crippen LogP) is 3.95. The van der Waals surface area contributed by atoms with E-state index >= 15 is 0 Å². The molecule has 0 bridgehead atoms. The second-order valence-electron chi connectivity index (χ2n) is 7.85. The molecule has 2 fully saturated rings. The number of nitro groups is 1. The van der Waals surface area contributed by atoms with Crippen molar-refractivity contribution in [3.8, 4) is 0 Å². The first-order chi connectivity index (χ1) is 15.5. The van der Waals surface area contributed by atoms with E-state index in [1.54, 1.807) is 5.06 Å². The summed E-state index contributed by atoms with van der Waals surface area (Å²) in [6, 6.07) is 22.0. The molecule has 8 heteroatoms. The quantitative estimate of drug-likeness (QED) is 0.354. The number of aryl methyl sites for hydroxylation is 1. The minimum Gasteiger partial charge on any atom is -0.273 e. The van der Waals surface area contributed by atoms with Crippen molar-refractivity contribution in [1.82, 2.24) is 0 Å². The van der Waals surface area contributed by atoms with Gasteiger partial charge in [-0.05, 0) is 36.8 Å². The maximum Gasteiger partial charge on any atom is 0.269 e. The zero-order valence-electron chi connectivity index (χ0n) is 17.1. The lowest BCUT2D eigenvalue weighted by atomic mass is 9.90. The molecule has 0 aromatic heterocycles. The Morgan fingerprint density at radius 1 is 0.844 bits per heavy atom. The standard InChI is InChI=1S/C24H19N3O5/c1-15-7-9-16(10-8-15)21-20-22(32-26(21)18-5-3-2-4-6-18)24(29)25(23(20)28)17-11-13-19(14-12-17)27(30)31/h2-14,20-22H,1H3/t20-,21-,22-/m0/s1. The molecule has 3 atom stereocenters. The zero-order valence-corrected chi connectivity index (χ0v) is 17.1. The molecule has 0 saturated carbocycles. The number of carbonyl (C=O) groups excluding carboxylic acids is 2. The van der Waals surface area contributed by atoms with E-state index in [2.05, 4.69) is 0 Å². The first-order valence-corrected chi connectivity index (χ1v) is 10.2. The molecule has 0 unspecified atom stereocenters. The van der Waals surface area contributed by atoms with Crippen LogP contribution >= 0.6 is 0 Å². The summed E-state index contributed by atoms with van der Waals surface area (Å²) in [6.07, 6.45) is -0.982. The summed E-state index contributed by atoms with van der Waals surface area (Å²) >= 11 is 0. The molecule has 2 aliphatic rings.